The monoisotopic (exact) mass is 288 g/mol. The molecule has 0 aliphatic carbocycles. The van der Waals surface area contributed by atoms with Crippen LogP contribution in [0.15, 0.2) is 37.1 Å². The van der Waals surface area contributed by atoms with Crippen molar-refractivity contribution < 1.29 is 14.7 Å². The number of carboxylic acid groups (broad SMARTS) is 1. The maximum Gasteiger partial charge on any atom is 0.354 e. The third-order valence-electron chi connectivity index (χ3n) is 2.93. The molecule has 2 aromatic heterocycles. The van der Waals surface area contributed by atoms with Gasteiger partial charge >= 0.3 is 5.97 Å². The van der Waals surface area contributed by atoms with Crippen molar-refractivity contribution in [2.45, 2.75) is 19.4 Å². The van der Waals surface area contributed by atoms with Crippen LogP contribution in [0.1, 0.15) is 33.7 Å². The lowest BCUT2D eigenvalue weighted by Gasteiger charge is -2.05. The van der Waals surface area contributed by atoms with Gasteiger partial charge in [0.2, 0.25) is 0 Å². The summed E-state index contributed by atoms with van der Waals surface area (Å²) in [7, 11) is 0. The zero-order valence-corrected chi connectivity index (χ0v) is 11.4. The van der Waals surface area contributed by atoms with Gasteiger partial charge < -0.3 is 15.0 Å². The Morgan fingerprint density at radius 2 is 2.14 bits per heavy atom. The van der Waals surface area contributed by atoms with Crippen molar-refractivity contribution in [2.75, 3.05) is 6.54 Å². The number of aryl methyl sites for hydroxylation is 1. The lowest BCUT2D eigenvalue weighted by Crippen LogP contribution is -2.24. The van der Waals surface area contributed by atoms with E-state index < -0.39 is 5.97 Å². The molecule has 2 N–H and O–H groups in total. The molecule has 2 rings (SSSR count). The quantitative estimate of drug-likeness (QED) is 0.746. The summed E-state index contributed by atoms with van der Waals surface area (Å²) in [6, 6.07) is 2.77. The highest BCUT2D eigenvalue weighted by Crippen LogP contribution is 2.01. The topological polar surface area (TPSA) is 97.1 Å². The minimum atomic E-state index is -1.11. The van der Waals surface area contributed by atoms with Crippen molar-refractivity contribution in [3.8, 4) is 0 Å². The molecule has 2 heterocycles. The Kier molecular flexibility index (Phi) is 5.03. The predicted molar refractivity (Wildman–Crippen MR) is 75.0 cm³/mol. The van der Waals surface area contributed by atoms with Crippen molar-refractivity contribution >= 4 is 11.9 Å². The number of amides is 1. The maximum absolute atomic E-state index is 11.8. The second kappa shape index (κ2) is 7.18. The van der Waals surface area contributed by atoms with Gasteiger partial charge in [-0.3, -0.25) is 4.79 Å². The van der Waals surface area contributed by atoms with E-state index in [1.165, 1.54) is 18.3 Å². The summed E-state index contributed by atoms with van der Waals surface area (Å²) in [5, 5.41) is 11.5. The maximum atomic E-state index is 11.8. The van der Waals surface area contributed by atoms with E-state index in [-0.39, 0.29) is 11.6 Å². The molecule has 0 fully saturated rings. The zero-order chi connectivity index (χ0) is 15.1. The first-order valence-corrected chi connectivity index (χ1v) is 6.60. The summed E-state index contributed by atoms with van der Waals surface area (Å²) in [6.07, 6.45) is 8.44. The highest BCUT2D eigenvalue weighted by molar-refractivity contribution is 5.94. The highest BCUT2D eigenvalue weighted by atomic mass is 16.4. The Balaban J connectivity index is 1.70. The van der Waals surface area contributed by atoms with E-state index in [0.29, 0.717) is 12.1 Å². The fourth-order valence-corrected chi connectivity index (χ4v) is 1.80. The third kappa shape index (κ3) is 4.41. The first-order valence-electron chi connectivity index (χ1n) is 6.60. The summed E-state index contributed by atoms with van der Waals surface area (Å²) < 4.78 is 1.98. The molecular formula is C14H16N4O3. The number of nitrogens with zero attached hydrogens (tertiary/aromatic N) is 3. The van der Waals surface area contributed by atoms with Gasteiger partial charge in [0.25, 0.3) is 5.91 Å². The van der Waals surface area contributed by atoms with Crippen LogP contribution in [0.3, 0.4) is 0 Å². The smallest absolute Gasteiger partial charge is 0.354 e. The van der Waals surface area contributed by atoms with Crippen molar-refractivity contribution in [3.63, 3.8) is 0 Å². The van der Waals surface area contributed by atoms with Gasteiger partial charge in [0, 0.05) is 31.7 Å². The summed E-state index contributed by atoms with van der Waals surface area (Å²) in [5.74, 6) is -1.36. The Morgan fingerprint density at radius 3 is 2.76 bits per heavy atom. The normalized spacial score (nSPS) is 10.3. The number of carbonyl (C=O) groups excluding carboxylic acids is 1. The largest absolute Gasteiger partial charge is 0.477 e. The molecule has 0 unspecified atom stereocenters. The van der Waals surface area contributed by atoms with E-state index in [0.717, 1.165) is 19.4 Å². The Morgan fingerprint density at radius 1 is 1.29 bits per heavy atom. The van der Waals surface area contributed by atoms with E-state index >= 15 is 0 Å². The van der Waals surface area contributed by atoms with Gasteiger partial charge in [-0.15, -0.1) is 0 Å². The van der Waals surface area contributed by atoms with Gasteiger partial charge in [-0.1, -0.05) is 0 Å². The van der Waals surface area contributed by atoms with E-state index in [1.54, 1.807) is 12.5 Å². The van der Waals surface area contributed by atoms with Gasteiger partial charge in [-0.05, 0) is 25.0 Å². The molecule has 0 bridgehead atoms. The molecule has 21 heavy (non-hydrogen) atoms. The third-order valence-corrected chi connectivity index (χ3v) is 2.93. The molecule has 1 amide bonds. The summed E-state index contributed by atoms with van der Waals surface area (Å²) >= 11 is 0. The molecule has 0 saturated heterocycles. The van der Waals surface area contributed by atoms with Crippen LogP contribution in [0.4, 0.5) is 0 Å². The second-order valence-corrected chi connectivity index (χ2v) is 4.50. The van der Waals surface area contributed by atoms with Crippen LogP contribution in [0, 0.1) is 0 Å². The lowest BCUT2D eigenvalue weighted by atomic mass is 10.2. The second-order valence-electron chi connectivity index (χ2n) is 4.50. The molecule has 0 aliphatic heterocycles. The summed E-state index contributed by atoms with van der Waals surface area (Å²) in [6.45, 7) is 1.43. The Labute approximate surface area is 121 Å². The van der Waals surface area contributed by atoms with Crippen LogP contribution >= 0.6 is 0 Å². The molecule has 0 spiro atoms. The highest BCUT2D eigenvalue weighted by Gasteiger charge is 2.08. The van der Waals surface area contributed by atoms with E-state index in [1.807, 2.05) is 10.8 Å². The average molecular weight is 288 g/mol. The molecule has 0 radical (unpaired) electrons. The fourth-order valence-electron chi connectivity index (χ4n) is 1.80. The molecular weight excluding hydrogens is 272 g/mol. The molecule has 0 aromatic carbocycles. The van der Waals surface area contributed by atoms with E-state index in [9.17, 15) is 9.59 Å². The number of pyridine rings is 1. The summed E-state index contributed by atoms with van der Waals surface area (Å²) in [4.78, 5) is 30.1. The van der Waals surface area contributed by atoms with Gasteiger partial charge in [0.05, 0.1) is 11.9 Å². The molecule has 2 aromatic rings. The lowest BCUT2D eigenvalue weighted by molar-refractivity contribution is 0.0689. The standard InChI is InChI=1S/C14H16N4O3/c19-13(11-3-4-12(14(20)21)17-9-11)16-5-1-2-7-18-8-6-15-10-18/h3-4,6,8-10H,1-2,5,7H2,(H,16,19)(H,20,21). The van der Waals surface area contributed by atoms with Crippen LogP contribution in [-0.2, 0) is 6.54 Å². The number of nitrogens with one attached hydrogen (secondary N) is 1. The van der Waals surface area contributed by atoms with Gasteiger partial charge in [-0.2, -0.15) is 0 Å². The van der Waals surface area contributed by atoms with E-state index in [2.05, 4.69) is 15.3 Å². The SMILES string of the molecule is O=C(NCCCCn1ccnc1)c1ccc(C(=O)O)nc1. The molecule has 0 aliphatic rings. The minimum Gasteiger partial charge on any atom is -0.477 e. The zero-order valence-electron chi connectivity index (χ0n) is 11.4. The fraction of sp³-hybridized carbons (Fsp3) is 0.286. The van der Waals surface area contributed by atoms with Gasteiger partial charge in [-0.25, -0.2) is 14.8 Å². The van der Waals surface area contributed by atoms with Gasteiger partial charge in [0.1, 0.15) is 5.69 Å². The number of hydrogen-bond donors (Lipinski definition) is 2. The van der Waals surface area contributed by atoms with Crippen LogP contribution in [-0.4, -0.2) is 38.1 Å². The Bertz CT molecular complexity index is 593. The van der Waals surface area contributed by atoms with Crippen molar-refractivity contribution in [3.05, 3.63) is 48.3 Å². The first kappa shape index (κ1) is 14.7. The molecule has 7 heteroatoms. The molecule has 0 saturated carbocycles. The van der Waals surface area contributed by atoms with Crippen molar-refractivity contribution in [2.24, 2.45) is 0 Å². The number of aromatic nitrogens is 3. The number of hydrogen-bond acceptors (Lipinski definition) is 4. The van der Waals surface area contributed by atoms with Crippen LogP contribution in [0.25, 0.3) is 0 Å². The molecule has 110 valence electrons. The predicted octanol–water partition coefficient (Wildman–Crippen LogP) is 1.19. The number of carbonyl (C=O) groups is 2. The average Bonchev–Trinajstić information content (AvgIpc) is 3.00. The minimum absolute atomic E-state index is 0.0770. The Hall–Kier alpha value is -2.70. The van der Waals surface area contributed by atoms with Crippen molar-refractivity contribution in [1.82, 2.24) is 19.9 Å². The number of rotatable bonds is 7. The van der Waals surface area contributed by atoms with Crippen LogP contribution < -0.4 is 5.32 Å². The van der Waals surface area contributed by atoms with Crippen LogP contribution in [0.2, 0.25) is 0 Å². The molecule has 0 atom stereocenters. The number of carboxylic acids is 1. The molecule has 7 nitrogen and oxygen atoms in total. The number of imidazole rings is 1. The van der Waals surface area contributed by atoms with Crippen LogP contribution in [0.5, 0.6) is 0 Å². The number of aromatic carboxylic acids is 1. The van der Waals surface area contributed by atoms with Crippen molar-refractivity contribution in [1.29, 1.82) is 0 Å². The summed E-state index contributed by atoms with van der Waals surface area (Å²) in [5.41, 5.74) is 0.279. The first-order chi connectivity index (χ1) is 10.2. The van der Waals surface area contributed by atoms with E-state index in [4.69, 9.17) is 5.11 Å². The number of unbranched alkanes of at least 4 members (excludes halogenated alkanes) is 1. The van der Waals surface area contributed by atoms with Gasteiger partial charge in [0.15, 0.2) is 0 Å².